The van der Waals surface area contributed by atoms with Gasteiger partial charge in [0, 0.05) is 162 Å². The average Bonchev–Trinajstić information content (AvgIpc) is 1.76. The number of carboxylic acids is 1. The lowest BCUT2D eigenvalue weighted by molar-refractivity contribution is -0.151. The van der Waals surface area contributed by atoms with Gasteiger partial charge in [-0.05, 0) is 112 Å². The number of aromatic amines is 3. The highest BCUT2D eigenvalue weighted by Gasteiger charge is 2.47. The number of unbranched alkanes of at least 4 members (excludes halogenated alkanes) is 2. The Hall–Kier alpha value is -12.8. The number of nitrogens with zero attached hydrogens (tertiary/aromatic N) is 6. The van der Waals surface area contributed by atoms with Crippen LogP contribution in [0.15, 0.2) is 97.7 Å². The number of aliphatic hydroxyl groups is 2. The summed E-state index contributed by atoms with van der Waals surface area (Å²) >= 11 is 0.919. The number of phenolic OH excluding ortho intramolecular Hbond substituents is 1. The number of imidazole rings is 1. The Bertz CT molecular complexity index is 5260. The third kappa shape index (κ3) is 30.4. The van der Waals surface area contributed by atoms with Crippen molar-refractivity contribution in [3.8, 4) is 5.75 Å². The molecule has 40 nitrogen and oxygen atoms in total. The minimum atomic E-state index is -1.83. The van der Waals surface area contributed by atoms with Crippen LogP contribution < -0.4 is 48.7 Å². The van der Waals surface area contributed by atoms with E-state index in [4.69, 9.17) is 11.5 Å². The number of H-pyrrole nitrogens is 3. The van der Waals surface area contributed by atoms with Crippen LogP contribution in [0.2, 0.25) is 0 Å². The number of aromatic nitrogens is 4. The van der Waals surface area contributed by atoms with Crippen LogP contribution in [0.3, 0.4) is 0 Å². The van der Waals surface area contributed by atoms with Crippen molar-refractivity contribution in [2.75, 3.05) is 58.4 Å². The summed E-state index contributed by atoms with van der Waals surface area (Å²) in [6.07, 6.45) is 0.286. The number of para-hydroxylation sites is 2. The largest absolute Gasteiger partial charge is 0.508 e. The van der Waals surface area contributed by atoms with Crippen molar-refractivity contribution in [3.05, 3.63) is 120 Å². The molecule has 3 fully saturated rings. The number of carboxylic acid groups (broad SMARTS) is 1. The number of ketones is 4. The van der Waals surface area contributed by atoms with Crippen LogP contribution in [0.25, 0.3) is 21.8 Å². The molecule has 9 rings (SSSR count). The molecule has 6 heterocycles. The zero-order valence-electron chi connectivity index (χ0n) is 78.9. The number of fused-ring (bicyclic) bond motifs is 4. The number of benzene rings is 3. The molecule has 3 saturated heterocycles. The second-order valence-corrected chi connectivity index (χ2v) is 37.3. The lowest BCUT2D eigenvalue weighted by Gasteiger charge is -2.38. The quantitative estimate of drug-likeness (QED) is 0.0319. The summed E-state index contributed by atoms with van der Waals surface area (Å²) in [5.74, 6) is -19.5. The molecule has 41 heteroatoms. The lowest BCUT2D eigenvalue weighted by atomic mass is 9.90. The molecule has 744 valence electrons. The maximum absolute atomic E-state index is 16.1. The molecular formula is C96H132N18O22S. The number of rotatable bonds is 29. The van der Waals surface area contributed by atoms with Crippen LogP contribution in [0.5, 0.6) is 5.75 Å². The van der Waals surface area contributed by atoms with Crippen LogP contribution in [0.1, 0.15) is 180 Å². The molecule has 0 saturated carbocycles. The first-order valence-electron chi connectivity index (χ1n) is 46.9. The molecule has 0 spiro atoms. The Morgan fingerprint density at radius 2 is 1.16 bits per heavy atom. The monoisotopic (exact) mass is 1920 g/mol. The van der Waals surface area contributed by atoms with Crippen LogP contribution >= 0.6 is 11.8 Å². The zero-order chi connectivity index (χ0) is 100. The summed E-state index contributed by atoms with van der Waals surface area (Å²) in [6, 6.07) is 1.32. The molecule has 6 aromatic rings. The Labute approximate surface area is 798 Å². The van der Waals surface area contributed by atoms with Crippen LogP contribution in [0.4, 0.5) is 0 Å². The molecule has 137 heavy (non-hydrogen) atoms. The molecular weight excluding hydrogens is 1790 g/mol. The van der Waals surface area contributed by atoms with Gasteiger partial charge in [0.2, 0.25) is 76.8 Å². The average molecular weight is 1920 g/mol. The number of primary amides is 1. The molecule has 0 radical (unpaired) electrons. The van der Waals surface area contributed by atoms with Gasteiger partial charge in [0.05, 0.1) is 42.8 Å². The van der Waals surface area contributed by atoms with E-state index in [2.05, 4.69) is 57.2 Å². The second kappa shape index (κ2) is 52.0. The SMILES string of the molecule is CCCC[C@H]1C(=O)N[C@@H](CC(C)C)C(=O)C[C@H](C(=O)CCC(C)=O)CSCC(=O)N[C@@H](Cc2ccc(O)cc2)C(=O)N(C)[C@@H](C)C(=O)C[C@@H](CC(N)=O)C(=O)N2CCC[C@H]2C(=O)N[C@@H](Cc2cnc[nH]2)C(=O)N[C@@H](CCC(=O)O)C(=O)N2C[C@H](O)C[C@H]2C(=O)N[C@@H](Cc2c[nH]c3ccccc23)C(=O)N[C@@H](CCN)C(=O)N[C@@H](Cc2c[nH]c3ccccc23)C(=O)N(CCO)[C@@H](CCCC)C(=O)N1C. The van der Waals surface area contributed by atoms with Crippen molar-refractivity contribution in [1.29, 1.82) is 0 Å². The van der Waals surface area contributed by atoms with Gasteiger partial charge in [-0.1, -0.05) is 102 Å². The number of hydrogen-bond donors (Lipinski definition) is 16. The number of carbonyl (C=O) groups excluding carboxylic acids is 17. The van der Waals surface area contributed by atoms with Gasteiger partial charge in [-0.25, -0.2) is 4.98 Å². The number of aromatic hydroxyl groups is 1. The smallest absolute Gasteiger partial charge is 0.303 e. The Balaban J connectivity index is 1.12. The number of phenols is 1. The molecule has 0 aliphatic carbocycles. The lowest BCUT2D eigenvalue weighted by Crippen LogP contribution is -2.62. The molecule has 3 aliphatic rings. The number of aliphatic carboxylic acids is 1. The van der Waals surface area contributed by atoms with E-state index in [0.717, 1.165) is 31.4 Å². The van der Waals surface area contributed by atoms with E-state index in [0.29, 0.717) is 64.2 Å². The highest BCUT2D eigenvalue weighted by Crippen LogP contribution is 2.31. The summed E-state index contributed by atoms with van der Waals surface area (Å²) in [4.78, 5) is 284. The predicted molar refractivity (Wildman–Crippen MR) is 505 cm³/mol. The van der Waals surface area contributed by atoms with E-state index in [1.807, 2.05) is 13.8 Å². The molecule has 0 unspecified atom stereocenters. The topological polar surface area (TPSA) is 601 Å². The molecule has 15 atom stereocenters. The van der Waals surface area contributed by atoms with Gasteiger partial charge in [-0.3, -0.25) is 81.5 Å². The number of likely N-dealkylation sites (N-methyl/N-ethyl adjacent to an activating group) is 2. The minimum absolute atomic E-state index is 0.0266. The third-order valence-corrected chi connectivity index (χ3v) is 26.5. The first-order valence-corrected chi connectivity index (χ1v) is 48.0. The fourth-order valence-electron chi connectivity index (χ4n) is 17.8. The maximum Gasteiger partial charge on any atom is 0.303 e. The number of aliphatic hydroxyl groups excluding tert-OH is 2. The number of nitrogens with one attached hydrogen (secondary N) is 10. The minimum Gasteiger partial charge on any atom is -0.508 e. The van der Waals surface area contributed by atoms with Crippen LogP contribution in [-0.4, -0.2) is 308 Å². The van der Waals surface area contributed by atoms with Gasteiger partial charge in [-0.15, -0.1) is 0 Å². The number of Topliss-reactive ketones (excluding diaryl/α,β-unsaturated/α-hetero) is 4. The van der Waals surface area contributed by atoms with Crippen molar-refractivity contribution in [2.24, 2.45) is 29.2 Å². The summed E-state index contributed by atoms with van der Waals surface area (Å²) in [7, 11) is 2.65. The number of thioether (sulfide) groups is 1. The highest BCUT2D eigenvalue weighted by molar-refractivity contribution is 7.99. The zero-order valence-corrected chi connectivity index (χ0v) is 79.7. The van der Waals surface area contributed by atoms with E-state index in [1.165, 1.54) is 69.6 Å². The van der Waals surface area contributed by atoms with E-state index < -0.39 is 255 Å². The third-order valence-electron chi connectivity index (χ3n) is 25.4. The normalized spacial score (nSPS) is 24.8. The fourth-order valence-corrected chi connectivity index (χ4v) is 18.7. The van der Waals surface area contributed by atoms with Crippen molar-refractivity contribution >= 4 is 139 Å². The molecule has 3 aromatic heterocycles. The summed E-state index contributed by atoms with van der Waals surface area (Å²) < 4.78 is 0. The van der Waals surface area contributed by atoms with E-state index in [-0.39, 0.29) is 119 Å². The van der Waals surface area contributed by atoms with Gasteiger partial charge in [0.1, 0.15) is 77.7 Å². The van der Waals surface area contributed by atoms with Crippen molar-refractivity contribution in [1.82, 2.24) is 81.7 Å². The van der Waals surface area contributed by atoms with Gasteiger partial charge < -0.3 is 113 Å². The Kier molecular flexibility index (Phi) is 40.9. The predicted octanol–water partition coefficient (Wildman–Crippen LogP) is 1.91. The molecule has 3 aliphatic heterocycles. The number of β-amino-alcohol motifs (C(OH)–C–C–N with tert-alkyl or cyclic N) is 1. The van der Waals surface area contributed by atoms with Gasteiger partial charge in [0.15, 0.2) is 11.6 Å². The molecule has 3 aromatic carbocycles. The fraction of sp³-hybridized carbons (Fsp3) is 0.552. The highest BCUT2D eigenvalue weighted by atomic mass is 32.2. The van der Waals surface area contributed by atoms with Crippen molar-refractivity contribution in [3.63, 3.8) is 0 Å². The second-order valence-electron chi connectivity index (χ2n) is 36.2. The first-order chi connectivity index (χ1) is 65.3. The molecule has 13 amide bonds. The maximum atomic E-state index is 16.1. The van der Waals surface area contributed by atoms with E-state index in [9.17, 15) is 63.6 Å². The van der Waals surface area contributed by atoms with Gasteiger partial charge >= 0.3 is 5.97 Å². The summed E-state index contributed by atoms with van der Waals surface area (Å²) in [5.41, 5.74) is 14.9. The first kappa shape index (κ1) is 108. The molecule has 0 bridgehead atoms. The van der Waals surface area contributed by atoms with E-state index >= 15 is 43.2 Å². The van der Waals surface area contributed by atoms with E-state index in [1.54, 1.807) is 74.8 Å². The van der Waals surface area contributed by atoms with Gasteiger partial charge in [0.25, 0.3) is 0 Å². The van der Waals surface area contributed by atoms with Crippen molar-refractivity contribution < 1.29 is 107 Å². The van der Waals surface area contributed by atoms with Crippen molar-refractivity contribution in [2.45, 2.75) is 261 Å². The molecule has 18 N–H and O–H groups in total. The standard InChI is InChI=1S/C96H132N18O22S/c1-9-11-22-76-89(129)106-71(38-54(3)4)82(121)43-61(80(119)31-25-55(5)116)51-137-52-84(123)103-74(39-57-26-28-63(117)29-27-57)93(133)110(7)56(6)81(120)42-58(44-83(98)122)92(132)112-35-17-24-77(112)90(130)108-73(45-62-49-99-53-102-62)88(128)105-70(30-32-85(124)125)94(134)114-50-64(118)46-79(114)91(131)107-72(40-59-47-100-67-20-15-13-18-65(59)67)87(127)104-69(33-34-97)86(126)109-75(41-60-48-101-68-21-16-14-19-66(60)68)95(135)113(36-37-115)78(23-12-10-2)96(136)111(76)8/h13-16,18-21,26-29,47-49,53-54,56,58,61,64,69-79,100-101,115,117-118H,9-12,17,22-25,30-46,50-52,97H2,1-8H3,(H2,98,122)(H,99,102)(H,103,123)(H,104,127)(H,105,128)(H,106,129)(H,107,131)(H,108,130)(H,109,126)(H,124,125)/t56-,58-,61-,64+,69-,70-,71-,72-,73-,74-,75-,76-,77-,78-,79-/m0/s1. The number of nitrogens with two attached hydrogens (primary N) is 2. The van der Waals surface area contributed by atoms with Crippen LogP contribution in [0, 0.1) is 17.8 Å². The van der Waals surface area contributed by atoms with Crippen LogP contribution in [-0.2, 0) is 112 Å². The number of hydrogen-bond acceptors (Lipinski definition) is 24. The Morgan fingerprint density at radius 1 is 0.584 bits per heavy atom. The summed E-state index contributed by atoms with van der Waals surface area (Å²) in [5, 5.41) is 63.4. The number of amides is 13. The summed E-state index contributed by atoms with van der Waals surface area (Å²) in [6.45, 7) is 7.74. The number of carbonyl (C=O) groups is 18. The Morgan fingerprint density at radius 3 is 1.75 bits per heavy atom. The van der Waals surface area contributed by atoms with Gasteiger partial charge in [-0.2, -0.15) is 11.8 Å².